The van der Waals surface area contributed by atoms with Gasteiger partial charge in [0.15, 0.2) is 0 Å². The van der Waals surface area contributed by atoms with E-state index < -0.39 is 12.0 Å². The third-order valence-corrected chi connectivity index (χ3v) is 6.23. The molecule has 0 unspecified atom stereocenters. The van der Waals surface area contributed by atoms with Crippen molar-refractivity contribution in [2.45, 2.75) is 52.1 Å². The van der Waals surface area contributed by atoms with Gasteiger partial charge in [-0.25, -0.2) is 0 Å². The lowest BCUT2D eigenvalue weighted by Crippen LogP contribution is -2.39. The average molecular weight is 361 g/mol. The monoisotopic (exact) mass is 360 g/mol. The maximum Gasteiger partial charge on any atom is 0.325 e. The number of hydrogen-bond acceptors (Lipinski definition) is 2. The van der Waals surface area contributed by atoms with Crippen molar-refractivity contribution >= 4 is 28.5 Å². The van der Waals surface area contributed by atoms with Crippen molar-refractivity contribution in [3.05, 3.63) is 35.0 Å². The molecule has 3 atom stereocenters. The van der Waals surface area contributed by atoms with Gasteiger partial charge >= 0.3 is 5.97 Å². The molecule has 2 bridgehead atoms. The van der Waals surface area contributed by atoms with E-state index in [2.05, 4.69) is 30.7 Å². The summed E-state index contributed by atoms with van der Waals surface area (Å²) in [4.78, 5) is 17.7. The number of likely N-dealkylation sites (tertiary alicyclic amines) is 1. The summed E-state index contributed by atoms with van der Waals surface area (Å²) in [6, 6.07) is 5.31. The van der Waals surface area contributed by atoms with E-state index in [-0.39, 0.29) is 10.8 Å². The number of carboxylic acids is 1. The first-order valence-electron chi connectivity index (χ1n) is 8.93. The summed E-state index contributed by atoms with van der Waals surface area (Å²) < 4.78 is 0. The number of benzene rings is 1. The Balaban J connectivity index is 1.76. The molecule has 2 aliphatic rings. The summed E-state index contributed by atoms with van der Waals surface area (Å²) >= 11 is 6.07. The first-order chi connectivity index (χ1) is 11.7. The summed E-state index contributed by atoms with van der Waals surface area (Å²) in [6.45, 7) is 7.78. The Morgan fingerprint density at radius 2 is 2.12 bits per heavy atom. The molecular weight excluding hydrogens is 336 g/mol. The predicted octanol–water partition coefficient (Wildman–Crippen LogP) is 4.85. The fraction of sp³-hybridized carbons (Fsp3) is 0.550. The van der Waals surface area contributed by atoms with Crippen LogP contribution in [0.25, 0.3) is 10.9 Å². The first-order valence-corrected chi connectivity index (χ1v) is 9.30. The van der Waals surface area contributed by atoms with E-state index >= 15 is 0 Å². The van der Waals surface area contributed by atoms with Gasteiger partial charge in [0.2, 0.25) is 0 Å². The standard InChI is InChI=1S/C20H25ClN2O2/c1-19(2)7-13-8-20(3,10-19)11-23(13)17(18(24)25)15-9-22-16-6-12(21)4-5-14(15)16/h4-6,9,13,17,22H,7-8,10-11H2,1-3H3,(H,24,25)/t13-,17-,20+/m0/s1. The zero-order valence-electron chi connectivity index (χ0n) is 15.0. The van der Waals surface area contributed by atoms with E-state index in [1.165, 1.54) is 0 Å². The quantitative estimate of drug-likeness (QED) is 0.822. The van der Waals surface area contributed by atoms with Gasteiger partial charge in [-0.15, -0.1) is 0 Å². The zero-order valence-corrected chi connectivity index (χ0v) is 15.7. The Kier molecular flexibility index (Phi) is 3.71. The molecule has 4 rings (SSSR count). The maximum absolute atomic E-state index is 12.3. The van der Waals surface area contributed by atoms with Crippen LogP contribution in [-0.4, -0.2) is 33.5 Å². The topological polar surface area (TPSA) is 56.3 Å². The van der Waals surface area contributed by atoms with Crippen LogP contribution in [0.2, 0.25) is 5.02 Å². The van der Waals surface area contributed by atoms with Crippen LogP contribution < -0.4 is 0 Å². The third kappa shape index (κ3) is 2.85. The molecule has 2 N–H and O–H groups in total. The smallest absolute Gasteiger partial charge is 0.325 e. The zero-order chi connectivity index (χ0) is 18.0. The summed E-state index contributed by atoms with van der Waals surface area (Å²) in [5, 5.41) is 11.7. The second-order valence-electron chi connectivity index (χ2n) is 9.06. The molecule has 0 amide bonds. The highest BCUT2D eigenvalue weighted by Crippen LogP contribution is 2.54. The van der Waals surface area contributed by atoms with Crippen LogP contribution in [0, 0.1) is 10.8 Å². The molecule has 5 heteroatoms. The van der Waals surface area contributed by atoms with Crippen LogP contribution in [0.4, 0.5) is 0 Å². The summed E-state index contributed by atoms with van der Waals surface area (Å²) in [7, 11) is 0. The van der Waals surface area contributed by atoms with Gasteiger partial charge in [-0.05, 0) is 42.2 Å². The maximum atomic E-state index is 12.3. The van der Waals surface area contributed by atoms with Gasteiger partial charge in [0.05, 0.1) is 0 Å². The molecule has 25 heavy (non-hydrogen) atoms. The van der Waals surface area contributed by atoms with Gasteiger partial charge in [0.25, 0.3) is 0 Å². The van der Waals surface area contributed by atoms with Crippen LogP contribution >= 0.6 is 11.6 Å². The Bertz CT molecular complexity index is 843. The summed E-state index contributed by atoms with van der Waals surface area (Å²) in [5.41, 5.74) is 2.20. The number of carboxylic acid groups (broad SMARTS) is 1. The van der Waals surface area contributed by atoms with Gasteiger partial charge in [-0.2, -0.15) is 0 Å². The van der Waals surface area contributed by atoms with Crippen LogP contribution in [0.1, 0.15) is 51.6 Å². The molecule has 4 nitrogen and oxygen atoms in total. The van der Waals surface area contributed by atoms with Crippen LogP contribution in [0.5, 0.6) is 0 Å². The lowest BCUT2D eigenvalue weighted by molar-refractivity contribution is -0.144. The Hall–Kier alpha value is -1.52. The molecule has 0 spiro atoms. The number of nitrogens with zero attached hydrogens (tertiary/aromatic N) is 1. The van der Waals surface area contributed by atoms with Crippen molar-refractivity contribution < 1.29 is 9.90 Å². The number of halogens is 1. The Morgan fingerprint density at radius 3 is 2.84 bits per heavy atom. The first kappa shape index (κ1) is 16.9. The number of aliphatic carboxylic acids is 1. The van der Waals surface area contributed by atoms with Crippen molar-refractivity contribution in [1.82, 2.24) is 9.88 Å². The summed E-state index contributed by atoms with van der Waals surface area (Å²) in [6.07, 6.45) is 5.15. The Morgan fingerprint density at radius 1 is 1.36 bits per heavy atom. The number of carbonyl (C=O) groups is 1. The minimum Gasteiger partial charge on any atom is -0.480 e. The van der Waals surface area contributed by atoms with Crippen molar-refractivity contribution in [3.8, 4) is 0 Å². The highest BCUT2D eigenvalue weighted by Gasteiger charge is 2.52. The largest absolute Gasteiger partial charge is 0.480 e. The normalized spacial score (nSPS) is 29.8. The van der Waals surface area contributed by atoms with Crippen LogP contribution in [0.3, 0.4) is 0 Å². The number of aromatic amines is 1. The van der Waals surface area contributed by atoms with E-state index in [1.54, 1.807) is 0 Å². The van der Waals surface area contributed by atoms with Gasteiger partial charge in [-0.3, -0.25) is 9.69 Å². The molecule has 134 valence electrons. The number of fused-ring (bicyclic) bond motifs is 3. The fourth-order valence-electron chi connectivity index (χ4n) is 5.61. The molecule has 1 saturated heterocycles. The van der Waals surface area contributed by atoms with Gasteiger partial charge in [0, 0.05) is 40.3 Å². The van der Waals surface area contributed by atoms with Gasteiger partial charge in [0.1, 0.15) is 6.04 Å². The average Bonchev–Trinajstić information content (AvgIpc) is 2.97. The van der Waals surface area contributed by atoms with Crippen molar-refractivity contribution in [2.75, 3.05) is 6.54 Å². The highest BCUT2D eigenvalue weighted by atomic mass is 35.5. The van der Waals surface area contributed by atoms with Crippen LogP contribution in [-0.2, 0) is 4.79 Å². The molecule has 2 fully saturated rings. The number of H-pyrrole nitrogens is 1. The molecule has 0 radical (unpaired) electrons. The van der Waals surface area contributed by atoms with E-state index in [9.17, 15) is 9.90 Å². The lowest BCUT2D eigenvalue weighted by Gasteiger charge is -2.40. The van der Waals surface area contributed by atoms with E-state index in [4.69, 9.17) is 11.6 Å². The molecule has 1 aromatic carbocycles. The molecule has 2 aromatic rings. The SMILES string of the molecule is CC1(C)C[C@H]2C[C@@](C)(CN2[C@H](C(=O)O)c2c[nH]c3cc(Cl)ccc23)C1. The van der Waals surface area contributed by atoms with E-state index in [0.29, 0.717) is 11.1 Å². The minimum absolute atomic E-state index is 0.204. The van der Waals surface area contributed by atoms with Crippen molar-refractivity contribution in [1.29, 1.82) is 0 Å². The van der Waals surface area contributed by atoms with E-state index in [1.807, 2.05) is 24.4 Å². The second-order valence-corrected chi connectivity index (χ2v) is 9.50. The molecular formula is C20H25ClN2O2. The van der Waals surface area contributed by atoms with E-state index in [0.717, 1.165) is 42.3 Å². The van der Waals surface area contributed by atoms with Crippen molar-refractivity contribution in [3.63, 3.8) is 0 Å². The number of hydrogen-bond donors (Lipinski definition) is 2. The molecule has 1 saturated carbocycles. The van der Waals surface area contributed by atoms with Gasteiger partial charge < -0.3 is 10.1 Å². The number of rotatable bonds is 3. The molecule has 1 aromatic heterocycles. The second kappa shape index (κ2) is 5.49. The summed E-state index contributed by atoms with van der Waals surface area (Å²) in [5.74, 6) is -0.773. The van der Waals surface area contributed by atoms with Crippen molar-refractivity contribution in [2.24, 2.45) is 10.8 Å². The van der Waals surface area contributed by atoms with Crippen LogP contribution in [0.15, 0.2) is 24.4 Å². The highest BCUT2D eigenvalue weighted by molar-refractivity contribution is 6.31. The minimum atomic E-state index is -0.773. The fourth-order valence-corrected chi connectivity index (χ4v) is 5.78. The molecule has 1 aliphatic heterocycles. The molecule has 1 aliphatic carbocycles. The number of nitrogens with one attached hydrogen (secondary N) is 1. The van der Waals surface area contributed by atoms with Gasteiger partial charge in [-0.1, -0.05) is 38.4 Å². The lowest BCUT2D eigenvalue weighted by atomic mass is 9.65. The number of aromatic nitrogens is 1. The predicted molar refractivity (Wildman–Crippen MR) is 99.9 cm³/mol. The molecule has 2 heterocycles. The Labute approximate surface area is 153 Å². The third-order valence-electron chi connectivity index (χ3n) is 5.99.